The van der Waals surface area contributed by atoms with Gasteiger partial charge >= 0.3 is 0 Å². The van der Waals surface area contributed by atoms with Gasteiger partial charge in [-0.3, -0.25) is 9.59 Å². The highest BCUT2D eigenvalue weighted by Crippen LogP contribution is 2.23. The molecule has 0 saturated heterocycles. The lowest BCUT2D eigenvalue weighted by Gasteiger charge is -2.30. The molecule has 0 fully saturated rings. The first kappa shape index (κ1) is 22.5. The Morgan fingerprint density at radius 2 is 1.64 bits per heavy atom. The van der Waals surface area contributed by atoms with E-state index in [9.17, 15) is 9.59 Å². The zero-order valence-electron chi connectivity index (χ0n) is 15.8. The van der Waals surface area contributed by atoms with E-state index in [0.717, 1.165) is 5.56 Å². The van der Waals surface area contributed by atoms with E-state index in [1.807, 2.05) is 26.0 Å². The van der Waals surface area contributed by atoms with E-state index in [1.165, 1.54) is 0 Å². The summed E-state index contributed by atoms with van der Waals surface area (Å²) in [7, 11) is 0. The number of amides is 2. The standard InChI is InChI=1S/C21H23Cl3N2O2/c1-3-19(21(28)25-4-2)26(13-14-5-8-16(22)9-6-14)20(27)11-15-7-10-17(23)12-18(15)24/h5-10,12,19H,3-4,11,13H2,1-2H3,(H,25,28)/t19-/m0/s1. The van der Waals surface area contributed by atoms with Gasteiger partial charge in [-0.2, -0.15) is 0 Å². The molecular weight excluding hydrogens is 419 g/mol. The van der Waals surface area contributed by atoms with Crippen LogP contribution in [-0.2, 0) is 22.6 Å². The van der Waals surface area contributed by atoms with Gasteiger partial charge in [0.25, 0.3) is 0 Å². The fourth-order valence-corrected chi connectivity index (χ4v) is 3.53. The molecular formula is C21H23Cl3N2O2. The van der Waals surface area contributed by atoms with E-state index in [2.05, 4.69) is 5.32 Å². The Bertz CT molecular complexity index is 825. The minimum Gasteiger partial charge on any atom is -0.355 e. The highest BCUT2D eigenvalue weighted by Gasteiger charge is 2.28. The van der Waals surface area contributed by atoms with Crippen molar-refractivity contribution in [1.82, 2.24) is 10.2 Å². The first-order valence-electron chi connectivity index (χ1n) is 9.11. The SMILES string of the molecule is CCNC(=O)[C@H](CC)N(Cc1ccc(Cl)cc1)C(=O)Cc1ccc(Cl)cc1Cl. The molecule has 0 saturated carbocycles. The largest absolute Gasteiger partial charge is 0.355 e. The molecule has 0 radical (unpaired) electrons. The third kappa shape index (κ3) is 6.13. The Hall–Kier alpha value is -1.75. The molecule has 0 bridgehead atoms. The number of rotatable bonds is 8. The Labute approximate surface area is 180 Å². The van der Waals surface area contributed by atoms with Crippen molar-refractivity contribution in [2.45, 2.75) is 39.3 Å². The third-order valence-electron chi connectivity index (χ3n) is 4.36. The van der Waals surface area contributed by atoms with Crippen LogP contribution in [0.4, 0.5) is 0 Å². The summed E-state index contributed by atoms with van der Waals surface area (Å²) in [6.45, 7) is 4.54. The number of carbonyl (C=O) groups is 2. The second-order valence-electron chi connectivity index (χ2n) is 6.38. The van der Waals surface area contributed by atoms with E-state index in [1.54, 1.807) is 35.2 Å². The van der Waals surface area contributed by atoms with Gasteiger partial charge in [0.15, 0.2) is 0 Å². The number of nitrogens with one attached hydrogen (secondary N) is 1. The highest BCUT2D eigenvalue weighted by molar-refractivity contribution is 6.35. The van der Waals surface area contributed by atoms with Crippen LogP contribution in [0.25, 0.3) is 0 Å². The lowest BCUT2D eigenvalue weighted by Crippen LogP contribution is -2.49. The molecule has 0 aliphatic rings. The maximum Gasteiger partial charge on any atom is 0.242 e. The van der Waals surface area contributed by atoms with Crippen LogP contribution in [-0.4, -0.2) is 29.3 Å². The predicted octanol–water partition coefficient (Wildman–Crippen LogP) is 5.13. The van der Waals surface area contributed by atoms with Gasteiger partial charge in [-0.1, -0.05) is 59.9 Å². The van der Waals surface area contributed by atoms with Crippen LogP contribution in [0, 0.1) is 0 Å². The molecule has 7 heteroatoms. The highest BCUT2D eigenvalue weighted by atomic mass is 35.5. The normalized spacial score (nSPS) is 11.8. The summed E-state index contributed by atoms with van der Waals surface area (Å²) in [6.07, 6.45) is 0.582. The van der Waals surface area contributed by atoms with Crippen LogP contribution in [0.5, 0.6) is 0 Å². The Balaban J connectivity index is 2.30. The fourth-order valence-electron chi connectivity index (χ4n) is 2.93. The molecule has 2 aromatic carbocycles. The quantitative estimate of drug-likeness (QED) is 0.617. The molecule has 0 aliphatic heterocycles. The van der Waals surface area contributed by atoms with Crippen molar-refractivity contribution in [3.8, 4) is 0 Å². The number of hydrogen-bond donors (Lipinski definition) is 1. The molecule has 0 unspecified atom stereocenters. The van der Waals surface area contributed by atoms with Crippen molar-refractivity contribution < 1.29 is 9.59 Å². The summed E-state index contributed by atoms with van der Waals surface area (Å²) in [5.74, 6) is -0.355. The zero-order valence-corrected chi connectivity index (χ0v) is 18.1. The van der Waals surface area contributed by atoms with Gasteiger partial charge in [0.1, 0.15) is 6.04 Å². The maximum atomic E-state index is 13.2. The average molecular weight is 442 g/mol. The number of halogens is 3. The minimum absolute atomic E-state index is 0.0828. The molecule has 0 aromatic heterocycles. The molecule has 28 heavy (non-hydrogen) atoms. The Morgan fingerprint density at radius 1 is 1.00 bits per heavy atom. The van der Waals surface area contributed by atoms with Gasteiger partial charge in [0.2, 0.25) is 11.8 Å². The van der Waals surface area contributed by atoms with Crippen LogP contribution < -0.4 is 5.32 Å². The van der Waals surface area contributed by atoms with Gasteiger partial charge in [0, 0.05) is 28.2 Å². The lowest BCUT2D eigenvalue weighted by atomic mass is 10.1. The lowest BCUT2D eigenvalue weighted by molar-refractivity contribution is -0.140. The maximum absolute atomic E-state index is 13.2. The molecule has 0 aliphatic carbocycles. The number of benzene rings is 2. The van der Waals surface area contributed by atoms with Crippen molar-refractivity contribution in [2.75, 3.05) is 6.54 Å². The predicted molar refractivity (Wildman–Crippen MR) is 115 cm³/mol. The molecule has 1 atom stereocenters. The van der Waals surface area contributed by atoms with Crippen molar-refractivity contribution in [3.05, 3.63) is 68.7 Å². The van der Waals surface area contributed by atoms with E-state index in [0.29, 0.717) is 40.1 Å². The summed E-state index contributed by atoms with van der Waals surface area (Å²) in [4.78, 5) is 27.3. The van der Waals surface area contributed by atoms with Crippen LogP contribution in [0.1, 0.15) is 31.4 Å². The summed E-state index contributed by atoms with van der Waals surface area (Å²) in [6, 6.07) is 11.7. The number of likely N-dealkylation sites (N-methyl/N-ethyl adjacent to an activating group) is 1. The van der Waals surface area contributed by atoms with E-state index >= 15 is 0 Å². The molecule has 0 heterocycles. The van der Waals surface area contributed by atoms with Gasteiger partial charge in [-0.25, -0.2) is 0 Å². The van der Waals surface area contributed by atoms with Crippen LogP contribution in [0.3, 0.4) is 0 Å². The van der Waals surface area contributed by atoms with Crippen LogP contribution >= 0.6 is 34.8 Å². The topological polar surface area (TPSA) is 49.4 Å². The average Bonchev–Trinajstić information content (AvgIpc) is 2.65. The second-order valence-corrected chi connectivity index (χ2v) is 7.66. The smallest absolute Gasteiger partial charge is 0.242 e. The zero-order chi connectivity index (χ0) is 20.7. The molecule has 150 valence electrons. The van der Waals surface area contributed by atoms with Crippen molar-refractivity contribution in [1.29, 1.82) is 0 Å². The Morgan fingerprint density at radius 3 is 2.21 bits per heavy atom. The summed E-state index contributed by atoms with van der Waals surface area (Å²) >= 11 is 18.1. The van der Waals surface area contributed by atoms with E-state index in [-0.39, 0.29) is 18.2 Å². The van der Waals surface area contributed by atoms with Crippen molar-refractivity contribution in [3.63, 3.8) is 0 Å². The molecule has 2 amide bonds. The van der Waals surface area contributed by atoms with Gasteiger partial charge in [-0.05, 0) is 48.7 Å². The first-order chi connectivity index (χ1) is 13.3. The molecule has 2 aromatic rings. The monoisotopic (exact) mass is 440 g/mol. The minimum atomic E-state index is -0.575. The van der Waals surface area contributed by atoms with Crippen molar-refractivity contribution >= 4 is 46.6 Å². The third-order valence-corrected chi connectivity index (χ3v) is 5.20. The van der Waals surface area contributed by atoms with Crippen LogP contribution in [0.2, 0.25) is 15.1 Å². The summed E-state index contributed by atoms with van der Waals surface area (Å²) in [5.41, 5.74) is 1.56. The van der Waals surface area contributed by atoms with E-state index in [4.69, 9.17) is 34.8 Å². The fraction of sp³-hybridized carbons (Fsp3) is 0.333. The Kier molecular flexibility index (Phi) is 8.61. The van der Waals surface area contributed by atoms with Crippen molar-refractivity contribution in [2.24, 2.45) is 0 Å². The second kappa shape index (κ2) is 10.7. The summed E-state index contributed by atoms with van der Waals surface area (Å²) < 4.78 is 0. The number of nitrogens with zero attached hydrogens (tertiary/aromatic N) is 1. The van der Waals surface area contributed by atoms with Crippen LogP contribution in [0.15, 0.2) is 42.5 Å². The van der Waals surface area contributed by atoms with Gasteiger partial charge in [-0.15, -0.1) is 0 Å². The van der Waals surface area contributed by atoms with Gasteiger partial charge < -0.3 is 10.2 Å². The summed E-state index contributed by atoms with van der Waals surface area (Å²) in [5, 5.41) is 4.36. The number of carbonyl (C=O) groups excluding carboxylic acids is 2. The molecule has 0 spiro atoms. The first-order valence-corrected chi connectivity index (χ1v) is 10.2. The van der Waals surface area contributed by atoms with Gasteiger partial charge in [0.05, 0.1) is 6.42 Å². The number of hydrogen-bond acceptors (Lipinski definition) is 2. The van der Waals surface area contributed by atoms with E-state index < -0.39 is 6.04 Å². The molecule has 2 rings (SSSR count). The molecule has 1 N–H and O–H groups in total. The molecule has 4 nitrogen and oxygen atoms in total.